The van der Waals surface area contributed by atoms with Gasteiger partial charge in [-0.15, -0.1) is 0 Å². The van der Waals surface area contributed by atoms with Gasteiger partial charge in [-0.1, -0.05) is 97.1 Å². The first-order valence-corrected chi connectivity index (χ1v) is 15.5. The molecule has 0 bridgehead atoms. The Kier molecular flexibility index (Phi) is 14.2. The number of nitrogens with zero attached hydrogens (tertiary/aromatic N) is 2. The quantitative estimate of drug-likeness (QED) is 0.0853. The van der Waals surface area contributed by atoms with E-state index in [1.807, 2.05) is 60.9 Å². The Bertz CT molecular complexity index is 1090. The molecule has 3 rings (SSSR count). The Hall–Kier alpha value is -3.21. The minimum atomic E-state index is -0.169. The summed E-state index contributed by atoms with van der Waals surface area (Å²) in [5, 5.41) is 0. The summed E-state index contributed by atoms with van der Waals surface area (Å²) in [6, 6.07) is 15.5. The number of hydrogen-bond donors (Lipinski definition) is 0. The van der Waals surface area contributed by atoms with E-state index in [1.165, 1.54) is 57.8 Å². The SMILES string of the molecule is CCCCCCCCCOc1ccc(-c2ncc(-c3ccc(OC(=O)CCCC(C)CCCC)cc3)cn2)cc1. The zero-order chi connectivity index (χ0) is 28.4. The molecule has 0 spiro atoms. The molecule has 0 amide bonds. The van der Waals surface area contributed by atoms with Gasteiger partial charge in [-0.25, -0.2) is 9.97 Å². The van der Waals surface area contributed by atoms with Crippen LogP contribution >= 0.6 is 0 Å². The van der Waals surface area contributed by atoms with Crippen molar-refractivity contribution in [3.63, 3.8) is 0 Å². The first kappa shape index (κ1) is 31.3. The Balaban J connectivity index is 1.41. The van der Waals surface area contributed by atoms with Crippen molar-refractivity contribution in [1.82, 2.24) is 9.97 Å². The normalized spacial score (nSPS) is 11.8. The highest BCUT2D eigenvalue weighted by atomic mass is 16.5. The molecule has 0 radical (unpaired) electrons. The molecule has 0 saturated heterocycles. The molecule has 1 heterocycles. The van der Waals surface area contributed by atoms with Crippen LogP contribution in [-0.4, -0.2) is 22.5 Å². The molecule has 2 aromatic carbocycles. The average molecular weight is 545 g/mol. The minimum Gasteiger partial charge on any atom is -0.494 e. The molecule has 0 aliphatic carbocycles. The van der Waals surface area contributed by atoms with Crippen LogP contribution in [0.1, 0.15) is 104 Å². The van der Waals surface area contributed by atoms with Crippen LogP contribution in [0.4, 0.5) is 0 Å². The van der Waals surface area contributed by atoms with Crippen LogP contribution in [0.15, 0.2) is 60.9 Å². The van der Waals surface area contributed by atoms with Crippen LogP contribution in [0.2, 0.25) is 0 Å². The van der Waals surface area contributed by atoms with E-state index in [9.17, 15) is 4.79 Å². The van der Waals surface area contributed by atoms with E-state index >= 15 is 0 Å². The number of esters is 1. The first-order valence-electron chi connectivity index (χ1n) is 15.5. The second-order valence-electron chi connectivity index (χ2n) is 10.9. The fourth-order valence-corrected chi connectivity index (χ4v) is 4.77. The lowest BCUT2D eigenvalue weighted by molar-refractivity contribution is -0.134. The summed E-state index contributed by atoms with van der Waals surface area (Å²) in [7, 11) is 0. The largest absolute Gasteiger partial charge is 0.494 e. The van der Waals surface area contributed by atoms with Gasteiger partial charge in [0.25, 0.3) is 0 Å². The van der Waals surface area contributed by atoms with E-state index in [0.717, 1.165) is 48.3 Å². The summed E-state index contributed by atoms with van der Waals surface area (Å²) < 4.78 is 11.4. The third-order valence-corrected chi connectivity index (χ3v) is 7.33. The summed E-state index contributed by atoms with van der Waals surface area (Å²) in [5.41, 5.74) is 2.85. The standard InChI is InChI=1S/C35H48N2O3/c1-4-6-8-9-10-11-12-25-39-32-21-19-30(20-22-32)35-36-26-31(27-37-35)29-17-23-33(24-18-29)40-34(38)16-13-15-28(3)14-7-5-2/h17-24,26-28H,4-16,25H2,1-3H3. The van der Waals surface area contributed by atoms with Crippen molar-refractivity contribution in [1.29, 1.82) is 0 Å². The third kappa shape index (κ3) is 11.5. The molecule has 216 valence electrons. The van der Waals surface area contributed by atoms with Gasteiger partial charge in [0.1, 0.15) is 11.5 Å². The third-order valence-electron chi connectivity index (χ3n) is 7.33. The summed E-state index contributed by atoms with van der Waals surface area (Å²) >= 11 is 0. The van der Waals surface area contributed by atoms with Crippen LogP contribution in [0.25, 0.3) is 22.5 Å². The second kappa shape index (κ2) is 18.2. The maximum absolute atomic E-state index is 12.2. The van der Waals surface area contributed by atoms with E-state index in [1.54, 1.807) is 0 Å². The molecule has 1 unspecified atom stereocenters. The van der Waals surface area contributed by atoms with Crippen molar-refractivity contribution in [2.24, 2.45) is 5.92 Å². The molecule has 3 aromatic rings. The lowest BCUT2D eigenvalue weighted by Gasteiger charge is -2.10. The van der Waals surface area contributed by atoms with Crippen molar-refractivity contribution in [3.05, 3.63) is 60.9 Å². The van der Waals surface area contributed by atoms with Gasteiger partial charge < -0.3 is 9.47 Å². The molecule has 5 heteroatoms. The van der Waals surface area contributed by atoms with Crippen LogP contribution in [0, 0.1) is 5.92 Å². The number of rotatable bonds is 19. The number of carbonyl (C=O) groups excluding carboxylic acids is 1. The van der Waals surface area contributed by atoms with Gasteiger partial charge in [0.05, 0.1) is 6.61 Å². The first-order chi connectivity index (χ1) is 19.6. The second-order valence-corrected chi connectivity index (χ2v) is 10.9. The number of aromatic nitrogens is 2. The zero-order valence-corrected chi connectivity index (χ0v) is 24.9. The monoisotopic (exact) mass is 544 g/mol. The van der Waals surface area contributed by atoms with E-state index < -0.39 is 0 Å². The van der Waals surface area contributed by atoms with Gasteiger partial charge in [-0.3, -0.25) is 4.79 Å². The Morgan fingerprint density at radius 2 is 1.25 bits per heavy atom. The van der Waals surface area contributed by atoms with Gasteiger partial charge >= 0.3 is 5.97 Å². The average Bonchev–Trinajstić information content (AvgIpc) is 2.98. The van der Waals surface area contributed by atoms with Crippen molar-refractivity contribution in [2.75, 3.05) is 6.61 Å². The molecule has 0 N–H and O–H groups in total. The van der Waals surface area contributed by atoms with Crippen molar-refractivity contribution in [3.8, 4) is 34.0 Å². The van der Waals surface area contributed by atoms with Crippen molar-refractivity contribution in [2.45, 2.75) is 104 Å². The van der Waals surface area contributed by atoms with Gasteiger partial charge in [0.15, 0.2) is 5.82 Å². The lowest BCUT2D eigenvalue weighted by atomic mass is 9.98. The maximum atomic E-state index is 12.2. The van der Waals surface area contributed by atoms with Gasteiger partial charge in [-0.2, -0.15) is 0 Å². The highest BCUT2D eigenvalue weighted by Crippen LogP contribution is 2.25. The summed E-state index contributed by atoms with van der Waals surface area (Å²) in [6.07, 6.45) is 18.7. The van der Waals surface area contributed by atoms with E-state index in [-0.39, 0.29) is 5.97 Å². The van der Waals surface area contributed by atoms with Gasteiger partial charge in [-0.05, 0) is 60.7 Å². The van der Waals surface area contributed by atoms with Crippen molar-refractivity contribution < 1.29 is 14.3 Å². The molecule has 0 saturated carbocycles. The van der Waals surface area contributed by atoms with Crippen LogP contribution < -0.4 is 9.47 Å². The maximum Gasteiger partial charge on any atom is 0.311 e. The predicted octanol–water partition coefficient (Wildman–Crippen LogP) is 9.84. The summed E-state index contributed by atoms with van der Waals surface area (Å²) in [4.78, 5) is 21.4. The van der Waals surface area contributed by atoms with Gasteiger partial charge in [0.2, 0.25) is 0 Å². The molecule has 0 aliphatic rings. The Labute approximate surface area is 241 Å². The molecule has 0 fully saturated rings. The van der Waals surface area contributed by atoms with Crippen LogP contribution in [0.5, 0.6) is 11.5 Å². The smallest absolute Gasteiger partial charge is 0.311 e. The minimum absolute atomic E-state index is 0.169. The summed E-state index contributed by atoms with van der Waals surface area (Å²) in [5.74, 6) is 2.63. The number of hydrogen-bond acceptors (Lipinski definition) is 5. The summed E-state index contributed by atoms with van der Waals surface area (Å²) in [6.45, 7) is 7.49. The van der Waals surface area contributed by atoms with E-state index in [2.05, 4.69) is 30.7 Å². The molecular weight excluding hydrogens is 496 g/mol. The molecule has 0 aliphatic heterocycles. The highest BCUT2D eigenvalue weighted by Gasteiger charge is 2.09. The lowest BCUT2D eigenvalue weighted by Crippen LogP contribution is -2.08. The van der Waals surface area contributed by atoms with Crippen LogP contribution in [0.3, 0.4) is 0 Å². The Morgan fingerprint density at radius 3 is 1.93 bits per heavy atom. The Morgan fingerprint density at radius 1 is 0.675 bits per heavy atom. The zero-order valence-electron chi connectivity index (χ0n) is 24.9. The van der Waals surface area contributed by atoms with Crippen LogP contribution in [-0.2, 0) is 4.79 Å². The van der Waals surface area contributed by atoms with Gasteiger partial charge in [0, 0.05) is 29.9 Å². The predicted molar refractivity (Wildman–Crippen MR) is 165 cm³/mol. The molecular formula is C35H48N2O3. The molecule has 1 atom stereocenters. The molecule has 40 heavy (non-hydrogen) atoms. The fourth-order valence-electron chi connectivity index (χ4n) is 4.77. The van der Waals surface area contributed by atoms with E-state index in [0.29, 0.717) is 23.9 Å². The number of carbonyl (C=O) groups is 1. The topological polar surface area (TPSA) is 61.3 Å². The molecule has 1 aromatic heterocycles. The molecule has 5 nitrogen and oxygen atoms in total. The highest BCUT2D eigenvalue weighted by molar-refractivity contribution is 5.73. The fraction of sp³-hybridized carbons (Fsp3) is 0.514. The number of unbranched alkanes of at least 4 members (excludes halogenated alkanes) is 7. The van der Waals surface area contributed by atoms with Crippen molar-refractivity contribution >= 4 is 5.97 Å². The number of benzene rings is 2. The number of ether oxygens (including phenoxy) is 2. The van der Waals surface area contributed by atoms with E-state index in [4.69, 9.17) is 9.47 Å².